The van der Waals surface area contributed by atoms with Crippen molar-refractivity contribution in [2.24, 2.45) is 0 Å². The molecule has 0 saturated heterocycles. The molecule has 1 N–H and O–H groups in total. The van der Waals surface area contributed by atoms with Crippen LogP contribution in [0.1, 0.15) is 33.1 Å². The molecule has 0 unspecified atom stereocenters. The van der Waals surface area contributed by atoms with E-state index in [9.17, 15) is 9.59 Å². The highest BCUT2D eigenvalue weighted by Gasteiger charge is 2.19. The van der Waals surface area contributed by atoms with Gasteiger partial charge in [-0.25, -0.2) is 19.1 Å². The van der Waals surface area contributed by atoms with E-state index in [0.717, 1.165) is 28.3 Å². The number of ether oxygens (including phenoxy) is 1. The van der Waals surface area contributed by atoms with Crippen molar-refractivity contribution in [3.05, 3.63) is 81.9 Å². The summed E-state index contributed by atoms with van der Waals surface area (Å²) in [4.78, 5) is 29.4. The van der Waals surface area contributed by atoms with Gasteiger partial charge in [0.2, 0.25) is 0 Å². The van der Waals surface area contributed by atoms with Crippen LogP contribution in [0.15, 0.2) is 48.5 Å². The zero-order chi connectivity index (χ0) is 24.4. The van der Waals surface area contributed by atoms with E-state index >= 15 is 0 Å². The van der Waals surface area contributed by atoms with Gasteiger partial charge in [-0.05, 0) is 58.0 Å². The van der Waals surface area contributed by atoms with Crippen molar-refractivity contribution in [2.75, 3.05) is 11.9 Å². The summed E-state index contributed by atoms with van der Waals surface area (Å²) in [6, 6.07) is 14.5. The molecular formula is C24H23ClN6O3. The summed E-state index contributed by atoms with van der Waals surface area (Å²) in [5.74, 6) is -0.451. The van der Waals surface area contributed by atoms with Gasteiger partial charge >= 0.3 is 5.97 Å². The number of aryl methyl sites for hydroxylation is 4. The molecular weight excluding hydrogens is 456 g/mol. The van der Waals surface area contributed by atoms with Crippen LogP contribution in [-0.2, 0) is 9.53 Å². The number of benzene rings is 1. The molecule has 0 radical (unpaired) electrons. The van der Waals surface area contributed by atoms with Crippen molar-refractivity contribution in [1.82, 2.24) is 24.5 Å². The van der Waals surface area contributed by atoms with E-state index in [2.05, 4.69) is 20.5 Å². The maximum absolute atomic E-state index is 12.6. The van der Waals surface area contributed by atoms with Crippen molar-refractivity contribution in [3.63, 3.8) is 0 Å². The Balaban J connectivity index is 1.45. The van der Waals surface area contributed by atoms with Crippen LogP contribution in [0.4, 0.5) is 5.82 Å². The number of hydrogen-bond acceptors (Lipinski definition) is 6. The number of carbonyl (C=O) groups is 2. The van der Waals surface area contributed by atoms with E-state index in [1.807, 2.05) is 58.0 Å². The largest absolute Gasteiger partial charge is 0.451 e. The monoisotopic (exact) mass is 478 g/mol. The summed E-state index contributed by atoms with van der Waals surface area (Å²) in [5, 5.41) is 11.6. The minimum absolute atomic E-state index is 0.0972. The van der Waals surface area contributed by atoms with E-state index in [-0.39, 0.29) is 10.7 Å². The lowest BCUT2D eigenvalue weighted by molar-refractivity contribution is -0.119. The van der Waals surface area contributed by atoms with Crippen molar-refractivity contribution in [3.8, 4) is 11.5 Å². The fraction of sp³-hybridized carbons (Fsp3) is 0.208. The van der Waals surface area contributed by atoms with Crippen molar-refractivity contribution in [1.29, 1.82) is 0 Å². The minimum Gasteiger partial charge on any atom is -0.451 e. The van der Waals surface area contributed by atoms with Crippen molar-refractivity contribution in [2.45, 2.75) is 27.7 Å². The molecule has 34 heavy (non-hydrogen) atoms. The second-order valence-corrected chi connectivity index (χ2v) is 8.29. The Labute approximate surface area is 201 Å². The van der Waals surface area contributed by atoms with Gasteiger partial charge in [-0.2, -0.15) is 10.2 Å². The van der Waals surface area contributed by atoms with Crippen LogP contribution >= 0.6 is 11.6 Å². The number of carbonyl (C=O) groups excluding carboxylic acids is 2. The molecule has 174 valence electrons. The Morgan fingerprint density at radius 3 is 2.29 bits per heavy atom. The molecule has 9 nitrogen and oxygen atoms in total. The molecule has 1 aromatic carbocycles. The van der Waals surface area contributed by atoms with E-state index in [0.29, 0.717) is 11.6 Å². The van der Waals surface area contributed by atoms with Gasteiger partial charge in [0.25, 0.3) is 5.91 Å². The third-order valence-corrected chi connectivity index (χ3v) is 5.27. The van der Waals surface area contributed by atoms with Crippen LogP contribution in [0.5, 0.6) is 0 Å². The molecule has 0 spiro atoms. The fourth-order valence-corrected chi connectivity index (χ4v) is 3.59. The van der Waals surface area contributed by atoms with Gasteiger partial charge < -0.3 is 10.1 Å². The molecule has 3 aromatic heterocycles. The van der Waals surface area contributed by atoms with Gasteiger partial charge in [0.15, 0.2) is 18.1 Å². The zero-order valence-corrected chi connectivity index (χ0v) is 19.9. The topological polar surface area (TPSA) is 104 Å². The SMILES string of the molecule is Cc1ccc(-n2nc(C)cc2NC(=O)COC(=O)c2nc(-n3nc(C)cc3C)ccc2Cl)cc1. The Kier molecular flexibility index (Phi) is 6.47. The number of hydrogen-bond donors (Lipinski definition) is 1. The van der Waals surface area contributed by atoms with Gasteiger partial charge in [0, 0.05) is 11.8 Å². The first-order valence-corrected chi connectivity index (χ1v) is 10.9. The third-order valence-electron chi connectivity index (χ3n) is 4.96. The van der Waals surface area contributed by atoms with Gasteiger partial charge in [0.1, 0.15) is 5.82 Å². The summed E-state index contributed by atoms with van der Waals surface area (Å²) in [7, 11) is 0. The maximum Gasteiger partial charge on any atom is 0.359 e. The predicted molar refractivity (Wildman–Crippen MR) is 128 cm³/mol. The number of anilines is 1. The molecule has 0 saturated carbocycles. The lowest BCUT2D eigenvalue weighted by atomic mass is 10.2. The highest BCUT2D eigenvalue weighted by atomic mass is 35.5. The van der Waals surface area contributed by atoms with Crippen LogP contribution in [0.2, 0.25) is 5.02 Å². The standard InChI is InChI=1S/C24H23ClN6O3/c1-14-5-7-18(8-6-14)31-21(12-16(3)29-31)26-22(32)13-34-24(33)23-19(25)9-10-20(27-23)30-17(4)11-15(2)28-30/h5-12H,13H2,1-4H3,(H,26,32). The highest BCUT2D eigenvalue weighted by molar-refractivity contribution is 6.33. The third kappa shape index (κ3) is 4.99. The summed E-state index contributed by atoms with van der Waals surface area (Å²) >= 11 is 6.17. The lowest BCUT2D eigenvalue weighted by Gasteiger charge is -2.10. The predicted octanol–water partition coefficient (Wildman–Crippen LogP) is 4.14. The molecule has 0 atom stereocenters. The lowest BCUT2D eigenvalue weighted by Crippen LogP contribution is -2.23. The van der Waals surface area contributed by atoms with Crippen LogP contribution in [0.25, 0.3) is 11.5 Å². The average Bonchev–Trinajstić information content (AvgIpc) is 3.33. The van der Waals surface area contributed by atoms with E-state index in [1.165, 1.54) is 0 Å². The Hall–Kier alpha value is -3.98. The van der Waals surface area contributed by atoms with E-state index in [4.69, 9.17) is 16.3 Å². The molecule has 1 amide bonds. The highest BCUT2D eigenvalue weighted by Crippen LogP contribution is 2.20. The molecule has 4 rings (SSSR count). The number of aromatic nitrogens is 5. The first-order valence-electron chi connectivity index (χ1n) is 10.5. The van der Waals surface area contributed by atoms with Crippen LogP contribution in [0, 0.1) is 27.7 Å². The van der Waals surface area contributed by atoms with Gasteiger partial charge in [-0.1, -0.05) is 29.3 Å². The summed E-state index contributed by atoms with van der Waals surface area (Å²) in [6.45, 7) is 7.04. The molecule has 0 aliphatic carbocycles. The average molecular weight is 479 g/mol. The zero-order valence-electron chi connectivity index (χ0n) is 19.2. The molecule has 3 heterocycles. The first kappa shape index (κ1) is 23.2. The van der Waals surface area contributed by atoms with E-state index < -0.39 is 18.5 Å². The molecule has 0 bridgehead atoms. The number of halogens is 1. The molecule has 10 heteroatoms. The van der Waals surface area contributed by atoms with Crippen LogP contribution < -0.4 is 5.32 Å². The smallest absolute Gasteiger partial charge is 0.359 e. The van der Waals surface area contributed by atoms with Crippen LogP contribution in [0.3, 0.4) is 0 Å². The second-order valence-electron chi connectivity index (χ2n) is 7.88. The van der Waals surface area contributed by atoms with Gasteiger partial charge in [-0.15, -0.1) is 0 Å². The maximum atomic E-state index is 12.6. The van der Waals surface area contributed by atoms with E-state index in [1.54, 1.807) is 27.6 Å². The van der Waals surface area contributed by atoms with Crippen molar-refractivity contribution >= 4 is 29.3 Å². The quantitative estimate of drug-likeness (QED) is 0.418. The first-order chi connectivity index (χ1) is 16.2. The Morgan fingerprint density at radius 2 is 1.62 bits per heavy atom. The number of esters is 1. The summed E-state index contributed by atoms with van der Waals surface area (Å²) in [6.07, 6.45) is 0. The normalized spacial score (nSPS) is 10.9. The fourth-order valence-electron chi connectivity index (χ4n) is 3.40. The van der Waals surface area contributed by atoms with Crippen molar-refractivity contribution < 1.29 is 14.3 Å². The summed E-state index contributed by atoms with van der Waals surface area (Å²) in [5.41, 5.74) is 4.20. The van der Waals surface area contributed by atoms with Gasteiger partial charge in [-0.3, -0.25) is 4.79 Å². The molecule has 0 aliphatic rings. The molecule has 0 fully saturated rings. The Morgan fingerprint density at radius 1 is 0.941 bits per heavy atom. The molecule has 0 aliphatic heterocycles. The number of amides is 1. The number of rotatable bonds is 6. The number of nitrogens with one attached hydrogen (secondary N) is 1. The summed E-state index contributed by atoms with van der Waals surface area (Å²) < 4.78 is 8.40. The Bertz CT molecular complexity index is 1370. The van der Waals surface area contributed by atoms with Crippen LogP contribution in [-0.4, -0.2) is 43.0 Å². The second kappa shape index (κ2) is 9.48. The minimum atomic E-state index is -0.813. The molecule has 4 aromatic rings. The number of nitrogens with zero attached hydrogens (tertiary/aromatic N) is 5. The van der Waals surface area contributed by atoms with Gasteiger partial charge in [0.05, 0.1) is 22.1 Å². The number of pyridine rings is 1.